The van der Waals surface area contributed by atoms with Crippen molar-refractivity contribution in [2.24, 2.45) is 4.99 Å². The standard InChI is InChI=1S/C44H43N3O2S.Pt/c1-26(2)29-20-30(41-46-44(9)35-16-14-27(3)28(4)34(35)25-43(44,8)49-41)22-33(21-29)48-32-15-17-39-37(24-32)47(36-12-10-11-13-38(36)50-39)40-23-31(18-19-45-40)42(5,6)7;/h10-21,23,26H,25H2,1-9H3;/q-2;+2/t43-,44+;/m0./s1/i25D2;. The van der Waals surface area contributed by atoms with Crippen LogP contribution in [0.3, 0.4) is 0 Å². The topological polar surface area (TPSA) is 47.0 Å². The van der Waals surface area contributed by atoms with E-state index in [4.69, 9.17) is 19.5 Å². The maximum absolute atomic E-state index is 9.37. The Kier molecular flexibility index (Phi) is 8.20. The molecule has 51 heavy (non-hydrogen) atoms. The van der Waals surface area contributed by atoms with E-state index in [2.05, 4.69) is 94.1 Å². The number of hydrogen-bond acceptors (Lipinski definition) is 6. The number of rotatable bonds is 5. The van der Waals surface area contributed by atoms with Crippen LogP contribution in [0.5, 0.6) is 11.5 Å². The second-order valence-electron chi connectivity index (χ2n) is 15.2. The molecule has 8 rings (SSSR count). The number of aryl methyl sites for hydroxylation is 1. The molecule has 0 unspecified atom stereocenters. The van der Waals surface area contributed by atoms with Crippen molar-refractivity contribution in [3.63, 3.8) is 0 Å². The molecule has 2 aliphatic heterocycles. The van der Waals surface area contributed by atoms with Crippen LogP contribution >= 0.6 is 11.8 Å². The summed E-state index contributed by atoms with van der Waals surface area (Å²) in [6.45, 7) is 18.7. The first-order valence-electron chi connectivity index (χ1n) is 18.3. The molecule has 5 nitrogen and oxygen atoms in total. The Bertz CT molecular complexity index is 2320. The maximum Gasteiger partial charge on any atom is 2.00 e. The van der Waals surface area contributed by atoms with Crippen molar-refractivity contribution in [1.82, 2.24) is 4.98 Å². The average molecular weight is 875 g/mol. The van der Waals surface area contributed by atoms with E-state index in [0.29, 0.717) is 28.5 Å². The predicted octanol–water partition coefficient (Wildman–Crippen LogP) is 11.5. The molecular formula is C44H43N3O2PtS. The fraction of sp³-hybridized carbons (Fsp3) is 0.318. The van der Waals surface area contributed by atoms with Gasteiger partial charge in [-0.15, -0.1) is 23.8 Å². The zero-order chi connectivity index (χ0) is 37.0. The third-order valence-corrected chi connectivity index (χ3v) is 11.5. The van der Waals surface area contributed by atoms with E-state index < -0.39 is 17.5 Å². The molecule has 0 saturated carbocycles. The van der Waals surface area contributed by atoms with Gasteiger partial charge in [-0.25, -0.2) is 4.98 Å². The van der Waals surface area contributed by atoms with Crippen molar-refractivity contribution in [3.8, 4) is 11.5 Å². The smallest absolute Gasteiger partial charge is 0.511 e. The summed E-state index contributed by atoms with van der Waals surface area (Å²) in [6, 6.07) is 31.7. The molecule has 1 aromatic heterocycles. The third kappa shape index (κ3) is 5.93. The Morgan fingerprint density at radius 1 is 0.961 bits per heavy atom. The van der Waals surface area contributed by atoms with Gasteiger partial charge in [0.25, 0.3) is 0 Å². The van der Waals surface area contributed by atoms with Crippen LogP contribution in [0.2, 0.25) is 0 Å². The zero-order valence-electron chi connectivity index (χ0n) is 32.5. The predicted molar refractivity (Wildman–Crippen MR) is 203 cm³/mol. The minimum Gasteiger partial charge on any atom is -0.511 e. The summed E-state index contributed by atoms with van der Waals surface area (Å²) < 4.78 is 32.0. The Morgan fingerprint density at radius 3 is 2.51 bits per heavy atom. The molecule has 2 atom stereocenters. The van der Waals surface area contributed by atoms with E-state index in [-0.39, 0.29) is 32.4 Å². The Hall–Kier alpha value is -3.86. The number of hydrogen-bond donors (Lipinski definition) is 0. The van der Waals surface area contributed by atoms with E-state index >= 15 is 0 Å². The number of anilines is 3. The fourth-order valence-electron chi connectivity index (χ4n) is 6.98. The van der Waals surface area contributed by atoms with Crippen LogP contribution in [0.4, 0.5) is 17.2 Å². The van der Waals surface area contributed by atoms with Crippen molar-refractivity contribution in [2.45, 2.75) is 101 Å². The summed E-state index contributed by atoms with van der Waals surface area (Å²) in [7, 11) is 0. The minimum atomic E-state index is -1.77. The van der Waals surface area contributed by atoms with Gasteiger partial charge in [-0.3, -0.25) is 4.99 Å². The first-order valence-corrected chi connectivity index (χ1v) is 18.1. The van der Waals surface area contributed by atoms with E-state index in [0.717, 1.165) is 49.2 Å². The van der Waals surface area contributed by atoms with Gasteiger partial charge in [0.2, 0.25) is 0 Å². The van der Waals surface area contributed by atoms with Crippen LogP contribution in [0.1, 0.15) is 96.1 Å². The third-order valence-electron chi connectivity index (χ3n) is 10.4. The summed E-state index contributed by atoms with van der Waals surface area (Å²) in [5.74, 6) is 2.41. The number of benzene rings is 4. The monoisotopic (exact) mass is 874 g/mol. The number of para-hydroxylation sites is 1. The van der Waals surface area contributed by atoms with E-state index in [1.807, 2.05) is 64.2 Å². The van der Waals surface area contributed by atoms with E-state index in [1.54, 1.807) is 11.8 Å². The summed E-state index contributed by atoms with van der Waals surface area (Å²) in [5, 5.41) is 0. The molecule has 5 aromatic rings. The van der Waals surface area contributed by atoms with Crippen molar-refractivity contribution in [3.05, 3.63) is 130 Å². The molecule has 4 aromatic carbocycles. The number of fused-ring (bicyclic) bond motifs is 5. The SMILES string of the molecule is [2H]C1([2H])c2c(ccc(C)c2C)[C@@]2(C)N=C(c3[c-]c(Oc4[c-]c5c(cc4)Sc4ccccc4N5c4cc(C(C)(C)C)ccn4)cc(C(C)C)c3)O[C@@]12C.[Pt+2]. The van der Waals surface area contributed by atoms with Crippen LogP contribution in [-0.2, 0) is 43.1 Å². The molecule has 3 heterocycles. The summed E-state index contributed by atoms with van der Waals surface area (Å²) >= 11 is 1.71. The number of aliphatic imine (C=N–C) groups is 1. The van der Waals surface area contributed by atoms with Crippen molar-refractivity contribution >= 4 is 34.9 Å². The molecule has 3 aliphatic rings. The van der Waals surface area contributed by atoms with Crippen LogP contribution in [0, 0.1) is 26.0 Å². The molecule has 0 spiro atoms. The summed E-state index contributed by atoms with van der Waals surface area (Å²) in [4.78, 5) is 14.4. The first kappa shape index (κ1) is 33.0. The van der Waals surface area contributed by atoms with Gasteiger partial charge in [-0.05, 0) is 96.8 Å². The molecular weight excluding hydrogens is 830 g/mol. The van der Waals surface area contributed by atoms with Gasteiger partial charge < -0.3 is 14.4 Å². The molecule has 0 radical (unpaired) electrons. The molecule has 0 bridgehead atoms. The molecule has 0 N–H and O–H groups in total. The normalized spacial score (nSPS) is 21.7. The second kappa shape index (κ2) is 12.7. The molecule has 0 fully saturated rings. The zero-order valence-corrected chi connectivity index (χ0v) is 33.6. The maximum atomic E-state index is 9.37. The van der Waals surface area contributed by atoms with Crippen molar-refractivity contribution in [2.75, 3.05) is 4.90 Å². The van der Waals surface area contributed by atoms with Gasteiger partial charge in [0, 0.05) is 31.7 Å². The minimum absolute atomic E-state index is 0. The molecule has 1 aliphatic carbocycles. The second-order valence-corrected chi connectivity index (χ2v) is 16.3. The van der Waals surface area contributed by atoms with Gasteiger partial charge in [-0.1, -0.05) is 81.5 Å². The quantitative estimate of drug-likeness (QED) is 0.162. The number of nitrogens with zero attached hydrogens (tertiary/aromatic N) is 3. The van der Waals surface area contributed by atoms with Gasteiger partial charge in [-0.2, -0.15) is 17.8 Å². The number of aromatic nitrogens is 1. The van der Waals surface area contributed by atoms with Crippen LogP contribution in [0.25, 0.3) is 0 Å². The van der Waals surface area contributed by atoms with Crippen LogP contribution in [0.15, 0.2) is 93.8 Å². The van der Waals surface area contributed by atoms with Crippen LogP contribution in [-0.4, -0.2) is 16.5 Å². The van der Waals surface area contributed by atoms with Gasteiger partial charge in [0.1, 0.15) is 22.9 Å². The van der Waals surface area contributed by atoms with Gasteiger partial charge in [0.15, 0.2) is 0 Å². The average Bonchev–Trinajstić information content (AvgIpc) is 3.45. The Balaban J connectivity index is 0.00000435. The Morgan fingerprint density at radius 2 is 1.75 bits per heavy atom. The fourth-order valence-corrected chi connectivity index (χ4v) is 8.01. The molecule has 0 saturated heterocycles. The molecule has 262 valence electrons. The molecule has 0 amide bonds. The van der Waals surface area contributed by atoms with Crippen molar-refractivity contribution in [1.29, 1.82) is 0 Å². The molecule has 7 heteroatoms. The van der Waals surface area contributed by atoms with Crippen molar-refractivity contribution < 1.29 is 33.3 Å². The van der Waals surface area contributed by atoms with Gasteiger partial charge in [0.05, 0.1) is 5.69 Å². The summed E-state index contributed by atoms with van der Waals surface area (Å²) in [5.41, 5.74) is 6.09. The van der Waals surface area contributed by atoms with E-state index in [9.17, 15) is 2.74 Å². The first-order chi connectivity index (χ1) is 24.5. The Labute approximate surface area is 324 Å². The number of ether oxygens (including phenoxy) is 2. The largest absolute Gasteiger partial charge is 2.00 e. The van der Waals surface area contributed by atoms with E-state index in [1.165, 1.54) is 5.56 Å². The van der Waals surface area contributed by atoms with Crippen LogP contribution < -0.4 is 9.64 Å². The summed E-state index contributed by atoms with van der Waals surface area (Å²) in [6.07, 6.45) is 0.110. The van der Waals surface area contributed by atoms with Gasteiger partial charge >= 0.3 is 21.1 Å². The number of pyridine rings is 1.